The van der Waals surface area contributed by atoms with Crippen LogP contribution in [0, 0.1) is 0 Å². The van der Waals surface area contributed by atoms with Crippen LogP contribution >= 0.6 is 34.3 Å². The minimum Gasteiger partial charge on any atom is -0.296 e. The Labute approximate surface area is 170 Å². The van der Waals surface area contributed by atoms with E-state index in [9.17, 15) is 4.79 Å². The lowest BCUT2D eigenvalue weighted by molar-refractivity contribution is 0.102. The first-order valence-corrected chi connectivity index (χ1v) is 10.7. The predicted molar refractivity (Wildman–Crippen MR) is 110 cm³/mol. The molecule has 1 N–H and O–H groups in total. The summed E-state index contributed by atoms with van der Waals surface area (Å²) in [5.74, 6) is -0.311. The molecule has 1 amide bonds. The van der Waals surface area contributed by atoms with Gasteiger partial charge in [-0.3, -0.25) is 20.0 Å². The van der Waals surface area contributed by atoms with Gasteiger partial charge >= 0.3 is 0 Å². The number of nitrogens with one attached hydrogen (secondary N) is 1. The molecule has 1 aliphatic rings. The van der Waals surface area contributed by atoms with Gasteiger partial charge < -0.3 is 0 Å². The number of amides is 1. The van der Waals surface area contributed by atoms with Crippen molar-refractivity contribution in [1.82, 2.24) is 19.9 Å². The molecule has 1 aliphatic heterocycles. The third-order valence-corrected chi connectivity index (χ3v) is 6.79. The highest BCUT2D eigenvalue weighted by molar-refractivity contribution is 7.17. The zero-order valence-corrected chi connectivity index (χ0v) is 17.1. The number of anilines is 1. The van der Waals surface area contributed by atoms with Crippen molar-refractivity contribution in [1.29, 1.82) is 0 Å². The van der Waals surface area contributed by atoms with E-state index in [1.165, 1.54) is 42.8 Å². The van der Waals surface area contributed by atoms with Crippen molar-refractivity contribution in [2.75, 3.05) is 11.9 Å². The minimum atomic E-state index is -0.311. The maximum absolute atomic E-state index is 12.4. The van der Waals surface area contributed by atoms with Crippen LogP contribution in [0.5, 0.6) is 0 Å². The van der Waals surface area contributed by atoms with Crippen LogP contribution < -0.4 is 5.32 Å². The van der Waals surface area contributed by atoms with Crippen LogP contribution in [0.25, 0.3) is 10.6 Å². The van der Waals surface area contributed by atoms with Gasteiger partial charge in [0, 0.05) is 35.2 Å². The van der Waals surface area contributed by atoms with E-state index in [2.05, 4.69) is 32.1 Å². The molecule has 6 nitrogen and oxygen atoms in total. The summed E-state index contributed by atoms with van der Waals surface area (Å²) in [7, 11) is 0. The number of carbonyl (C=O) groups excluding carboxylic acids is 1. The maximum Gasteiger partial charge on any atom is 0.277 e. The number of likely N-dealkylation sites (tertiary alicyclic amines) is 1. The Morgan fingerprint density at radius 3 is 3.00 bits per heavy atom. The van der Waals surface area contributed by atoms with Crippen LogP contribution in [0.1, 0.15) is 35.1 Å². The molecule has 0 radical (unpaired) electrons. The van der Waals surface area contributed by atoms with E-state index in [1.54, 1.807) is 11.3 Å². The normalized spacial score (nSPS) is 17.3. The molecule has 0 saturated carbocycles. The van der Waals surface area contributed by atoms with Crippen LogP contribution in [0.3, 0.4) is 0 Å². The van der Waals surface area contributed by atoms with Crippen molar-refractivity contribution in [3.8, 4) is 10.6 Å². The zero-order chi connectivity index (χ0) is 18.8. The number of thiazole rings is 1. The van der Waals surface area contributed by atoms with Crippen molar-refractivity contribution in [2.24, 2.45) is 0 Å². The lowest BCUT2D eigenvalue weighted by Gasteiger charge is -2.20. The SMILES string of the molecule is CC1CCCN1Cc1sc(NC(=O)c2cnccn2)nc1-c1cc(Cl)cs1. The van der Waals surface area contributed by atoms with Crippen LogP contribution in [-0.2, 0) is 6.54 Å². The Hall–Kier alpha value is -1.87. The highest BCUT2D eigenvalue weighted by Crippen LogP contribution is 2.37. The third-order valence-electron chi connectivity index (χ3n) is 4.55. The molecule has 1 atom stereocenters. The van der Waals surface area contributed by atoms with E-state index in [0.717, 1.165) is 28.5 Å². The molecule has 3 aromatic heterocycles. The van der Waals surface area contributed by atoms with E-state index >= 15 is 0 Å². The number of thiophene rings is 1. The fourth-order valence-electron chi connectivity index (χ4n) is 3.13. The van der Waals surface area contributed by atoms with E-state index in [-0.39, 0.29) is 11.6 Å². The summed E-state index contributed by atoms with van der Waals surface area (Å²) in [4.78, 5) is 29.7. The molecule has 9 heteroatoms. The monoisotopic (exact) mass is 419 g/mol. The van der Waals surface area contributed by atoms with Crippen LogP contribution in [0.4, 0.5) is 5.13 Å². The summed E-state index contributed by atoms with van der Waals surface area (Å²) >= 11 is 9.19. The molecule has 4 rings (SSSR count). The number of rotatable bonds is 5. The van der Waals surface area contributed by atoms with Crippen molar-refractivity contribution >= 4 is 45.3 Å². The van der Waals surface area contributed by atoms with Gasteiger partial charge in [0.25, 0.3) is 5.91 Å². The summed E-state index contributed by atoms with van der Waals surface area (Å²) in [5.41, 5.74) is 1.16. The molecule has 0 aliphatic carbocycles. The smallest absolute Gasteiger partial charge is 0.277 e. The maximum atomic E-state index is 12.4. The Morgan fingerprint density at radius 2 is 2.33 bits per heavy atom. The molecular weight excluding hydrogens is 402 g/mol. The predicted octanol–water partition coefficient (Wildman–Crippen LogP) is 4.55. The lowest BCUT2D eigenvalue weighted by Crippen LogP contribution is -2.25. The number of hydrogen-bond acceptors (Lipinski definition) is 7. The van der Waals surface area contributed by atoms with Gasteiger partial charge in [-0.15, -0.1) is 11.3 Å². The van der Waals surface area contributed by atoms with Crippen molar-refractivity contribution in [2.45, 2.75) is 32.4 Å². The first-order chi connectivity index (χ1) is 13.1. The largest absolute Gasteiger partial charge is 0.296 e. The highest BCUT2D eigenvalue weighted by atomic mass is 35.5. The summed E-state index contributed by atoms with van der Waals surface area (Å²) in [6.45, 7) is 4.17. The van der Waals surface area contributed by atoms with Gasteiger partial charge in [-0.25, -0.2) is 9.97 Å². The van der Waals surface area contributed by atoms with Crippen LogP contribution in [-0.4, -0.2) is 38.3 Å². The van der Waals surface area contributed by atoms with E-state index in [4.69, 9.17) is 11.6 Å². The van der Waals surface area contributed by atoms with Crippen LogP contribution in [0.2, 0.25) is 5.02 Å². The highest BCUT2D eigenvalue weighted by Gasteiger charge is 2.24. The summed E-state index contributed by atoms with van der Waals surface area (Å²) in [6.07, 6.45) is 6.91. The number of nitrogens with zero attached hydrogens (tertiary/aromatic N) is 4. The van der Waals surface area contributed by atoms with Gasteiger partial charge in [0.15, 0.2) is 5.13 Å². The van der Waals surface area contributed by atoms with E-state index in [1.807, 2.05) is 11.4 Å². The quantitative estimate of drug-likeness (QED) is 0.656. The molecule has 0 aromatic carbocycles. The van der Waals surface area contributed by atoms with E-state index < -0.39 is 0 Å². The Balaban J connectivity index is 1.61. The van der Waals surface area contributed by atoms with Crippen molar-refractivity contribution < 1.29 is 4.79 Å². The zero-order valence-electron chi connectivity index (χ0n) is 14.7. The number of aromatic nitrogens is 3. The molecule has 1 saturated heterocycles. The summed E-state index contributed by atoms with van der Waals surface area (Å²) in [6, 6.07) is 2.48. The average Bonchev–Trinajstić information content (AvgIpc) is 3.37. The van der Waals surface area contributed by atoms with Crippen LogP contribution in [0.15, 0.2) is 30.0 Å². The summed E-state index contributed by atoms with van der Waals surface area (Å²) < 4.78 is 0. The number of carbonyl (C=O) groups is 1. The van der Waals surface area contributed by atoms with Gasteiger partial charge in [0.1, 0.15) is 5.69 Å². The minimum absolute atomic E-state index is 0.267. The molecular formula is C18H18ClN5OS2. The van der Waals surface area contributed by atoms with E-state index in [0.29, 0.717) is 16.2 Å². The molecule has 1 fully saturated rings. The molecule has 0 bridgehead atoms. The molecule has 3 aromatic rings. The first kappa shape index (κ1) is 18.5. The van der Waals surface area contributed by atoms with Crippen molar-refractivity contribution in [3.63, 3.8) is 0 Å². The van der Waals surface area contributed by atoms with Gasteiger partial charge in [0.05, 0.1) is 21.8 Å². The number of halogens is 1. The second-order valence-electron chi connectivity index (χ2n) is 6.43. The fraction of sp³-hybridized carbons (Fsp3) is 0.333. The second-order valence-corrected chi connectivity index (χ2v) is 8.86. The Kier molecular flexibility index (Phi) is 5.49. The van der Waals surface area contributed by atoms with Gasteiger partial charge in [-0.2, -0.15) is 0 Å². The van der Waals surface area contributed by atoms with Gasteiger partial charge in [0.2, 0.25) is 0 Å². The molecule has 140 valence electrons. The molecule has 27 heavy (non-hydrogen) atoms. The lowest BCUT2D eigenvalue weighted by atomic mass is 10.2. The molecule has 4 heterocycles. The summed E-state index contributed by atoms with van der Waals surface area (Å²) in [5, 5.41) is 6.01. The Morgan fingerprint density at radius 1 is 1.44 bits per heavy atom. The number of hydrogen-bond donors (Lipinski definition) is 1. The molecule has 1 unspecified atom stereocenters. The first-order valence-electron chi connectivity index (χ1n) is 8.65. The topological polar surface area (TPSA) is 71.0 Å². The average molecular weight is 420 g/mol. The third kappa shape index (κ3) is 4.19. The Bertz CT molecular complexity index is 942. The van der Waals surface area contributed by atoms with Gasteiger partial charge in [-0.05, 0) is 32.4 Å². The van der Waals surface area contributed by atoms with Gasteiger partial charge in [-0.1, -0.05) is 22.9 Å². The standard InChI is InChI=1S/C18H18ClN5OS2/c1-11-3-2-6-24(11)9-15-16(14-7-12(19)10-26-14)22-18(27-15)23-17(25)13-8-20-4-5-21-13/h4-5,7-8,10-11H,2-3,6,9H2,1H3,(H,22,23,25). The van der Waals surface area contributed by atoms with Crippen molar-refractivity contribution in [3.05, 3.63) is 45.6 Å². The second kappa shape index (κ2) is 8.02. The fourth-order valence-corrected chi connectivity index (χ4v) is 5.28. The molecule has 0 spiro atoms.